The molecule has 21 heteroatoms. The van der Waals surface area contributed by atoms with Crippen molar-refractivity contribution in [3.05, 3.63) is 99.4 Å². The van der Waals surface area contributed by atoms with E-state index in [1.807, 2.05) is 38.1 Å². The second-order valence-electron chi connectivity index (χ2n) is 16.6. The highest BCUT2D eigenvalue weighted by molar-refractivity contribution is 14.1. The summed E-state index contributed by atoms with van der Waals surface area (Å²) in [5, 5.41) is 17.3. The number of aromatic amines is 1. The number of aromatic nitrogens is 4. The van der Waals surface area contributed by atoms with E-state index >= 15 is 0 Å². The smallest absolute Gasteiger partial charge is 0.461 e. The van der Waals surface area contributed by atoms with Crippen molar-refractivity contribution in [2.24, 2.45) is 0 Å². The number of esters is 2. The van der Waals surface area contributed by atoms with Gasteiger partial charge in [0, 0.05) is 20.2 Å². The molecule has 2 unspecified atom stereocenters. The van der Waals surface area contributed by atoms with Gasteiger partial charge in [-0.15, -0.1) is 0 Å². The molecular weight excluding hydrogens is 1050 g/mol. The monoisotopic (exact) mass is 1100 g/mol. The second-order valence-corrected chi connectivity index (χ2v) is 19.1. The first-order valence-corrected chi connectivity index (χ1v) is 22.4. The van der Waals surface area contributed by atoms with Gasteiger partial charge in [-0.3, -0.25) is 28.5 Å². The summed E-state index contributed by atoms with van der Waals surface area (Å²) in [4.78, 5) is 80.7. The number of imidazole rings is 2. The van der Waals surface area contributed by atoms with Gasteiger partial charge in [-0.1, -0.05) is 12.1 Å². The number of fused-ring (bicyclic) bond motifs is 2. The first-order valence-electron chi connectivity index (χ1n) is 20.2. The van der Waals surface area contributed by atoms with Crippen LogP contribution in [0, 0.1) is 7.14 Å². The average molecular weight is 1100 g/mol. The molecule has 3 N–H and O–H groups in total. The van der Waals surface area contributed by atoms with E-state index in [1.54, 1.807) is 89.1 Å². The summed E-state index contributed by atoms with van der Waals surface area (Å²) >= 11 is 4.33. The third kappa shape index (κ3) is 13.2. The van der Waals surface area contributed by atoms with Gasteiger partial charge in [0.2, 0.25) is 0 Å². The summed E-state index contributed by atoms with van der Waals surface area (Å²) in [6.45, 7) is 19.0. The van der Waals surface area contributed by atoms with Crippen molar-refractivity contribution in [3.63, 3.8) is 0 Å². The maximum Gasteiger partial charge on any atom is 0.488 e. The minimum Gasteiger partial charge on any atom is -0.461 e. The zero-order valence-electron chi connectivity index (χ0n) is 37.1. The Morgan fingerprint density at radius 2 is 1.16 bits per heavy atom. The van der Waals surface area contributed by atoms with E-state index in [4.69, 9.17) is 29.0 Å². The number of hydrogen-bond acceptors (Lipinski definition) is 12. The Balaban J connectivity index is 0.000000232. The van der Waals surface area contributed by atoms with Gasteiger partial charge in [0.1, 0.15) is 11.2 Å². The van der Waals surface area contributed by atoms with Crippen LogP contribution < -0.4 is 16.8 Å². The fourth-order valence-corrected chi connectivity index (χ4v) is 7.25. The number of hydrogen-bond donors (Lipinski definition) is 3. The molecule has 2 aliphatic rings. The Morgan fingerprint density at radius 1 is 0.714 bits per heavy atom. The number of nitrogens with zero attached hydrogens (tertiary/aromatic N) is 5. The summed E-state index contributed by atoms with van der Waals surface area (Å²) in [5.74, 6) is -1.20. The van der Waals surface area contributed by atoms with Crippen molar-refractivity contribution in [2.45, 2.75) is 119 Å². The lowest BCUT2D eigenvalue weighted by molar-refractivity contribution is 0.00840. The molecule has 2 amide bonds. The van der Waals surface area contributed by atoms with Crippen LogP contribution in [0.5, 0.6) is 0 Å². The largest absolute Gasteiger partial charge is 0.488 e. The van der Waals surface area contributed by atoms with Crippen molar-refractivity contribution in [2.75, 3.05) is 13.2 Å². The number of halogens is 2. The Labute approximate surface area is 393 Å². The van der Waals surface area contributed by atoms with Gasteiger partial charge < -0.3 is 29.0 Å². The van der Waals surface area contributed by atoms with Crippen LogP contribution in [0.3, 0.4) is 0 Å². The molecule has 2 aliphatic heterocycles. The predicted molar refractivity (Wildman–Crippen MR) is 251 cm³/mol. The summed E-state index contributed by atoms with van der Waals surface area (Å²) < 4.78 is 27.6. The van der Waals surface area contributed by atoms with Gasteiger partial charge in [0.15, 0.2) is 11.4 Å². The number of H-pyrrole nitrogens is 1. The molecule has 63 heavy (non-hydrogen) atoms. The van der Waals surface area contributed by atoms with Crippen LogP contribution >= 0.6 is 45.2 Å². The molecule has 6 rings (SSSR count). The van der Waals surface area contributed by atoms with Crippen LogP contribution in [-0.2, 0) is 45.1 Å². The third-order valence-electron chi connectivity index (χ3n) is 9.39. The zero-order chi connectivity index (χ0) is 47.1. The summed E-state index contributed by atoms with van der Waals surface area (Å²) in [6.07, 6.45) is -0.953. The van der Waals surface area contributed by atoms with Gasteiger partial charge in [-0.05, 0) is 156 Å². The number of benzene rings is 2. The van der Waals surface area contributed by atoms with Crippen molar-refractivity contribution < 1.29 is 48.2 Å². The molecule has 0 bridgehead atoms. The average Bonchev–Trinajstić information content (AvgIpc) is 3.66. The SMILES string of the molecule is CCOC(=O)c1[nH]c(=O)n2c1CN(C(=O)OC(C)(C)C)C(C)C2.CCOC(=O)c1c2n(c(=O)n1-c1ccc(I)cc1)CC(C)N(C(=O)OC(C)(C)C)C2.OB(O)c1ccc(I)cc1. The normalized spacial score (nSPS) is 15.7. The molecule has 4 heterocycles. The molecule has 0 aliphatic carbocycles. The van der Waals surface area contributed by atoms with E-state index in [-0.39, 0.29) is 67.7 Å². The number of amides is 2. The number of nitrogens with one attached hydrogen (secondary N) is 1. The molecule has 0 saturated heterocycles. The molecule has 4 aromatic rings. The van der Waals surface area contributed by atoms with Crippen LogP contribution in [0.25, 0.3) is 5.69 Å². The van der Waals surface area contributed by atoms with Gasteiger partial charge in [0.25, 0.3) is 0 Å². The van der Waals surface area contributed by atoms with E-state index in [1.165, 1.54) is 14.0 Å². The molecule has 0 spiro atoms. The third-order valence-corrected chi connectivity index (χ3v) is 10.8. The van der Waals surface area contributed by atoms with Crippen molar-refractivity contribution >= 4 is 81.9 Å². The Kier molecular flexibility index (Phi) is 17.3. The summed E-state index contributed by atoms with van der Waals surface area (Å²) in [6, 6.07) is 13.8. The van der Waals surface area contributed by atoms with Crippen LogP contribution in [0.4, 0.5) is 9.59 Å². The van der Waals surface area contributed by atoms with Gasteiger partial charge in [0.05, 0.1) is 55.5 Å². The fraction of sp³-hybridized carbons (Fsp3) is 0.476. The molecule has 342 valence electrons. The summed E-state index contributed by atoms with van der Waals surface area (Å²) in [5.41, 5.74) is 0.256. The van der Waals surface area contributed by atoms with Crippen molar-refractivity contribution in [3.8, 4) is 5.69 Å². The van der Waals surface area contributed by atoms with Crippen LogP contribution in [0.1, 0.15) is 102 Å². The maximum atomic E-state index is 13.3. The summed E-state index contributed by atoms with van der Waals surface area (Å²) in [7, 11) is -1.35. The lowest BCUT2D eigenvalue weighted by Crippen LogP contribution is -2.48. The second kappa shape index (κ2) is 21.4. The van der Waals surface area contributed by atoms with Gasteiger partial charge in [-0.2, -0.15) is 0 Å². The Morgan fingerprint density at radius 3 is 1.62 bits per heavy atom. The van der Waals surface area contributed by atoms with Crippen LogP contribution in [0.2, 0.25) is 0 Å². The minimum atomic E-state index is -1.35. The number of ether oxygens (including phenoxy) is 4. The van der Waals surface area contributed by atoms with Gasteiger partial charge in [-0.25, -0.2) is 28.8 Å². The standard InChI is InChI=1S/C21H26IN3O5.C15H23N3O5.C6H6BIO2/c1-6-29-18(26)17-16-12-23(20(28)30-21(3,4)5)13(2)11-24(16)19(27)25(17)15-9-7-14(22)8-10-15;1-6-22-12(19)11-10-8-17(14(21)23-15(3,4)5)9(2)7-18(10)13(20)16-11;8-6-3-1-5(2-4-6)7(9)10/h7-10,13H,6,11-12H2,1-5H3;9H,6-8H2,1-5H3,(H,16,20);1-4,9-10H. The fourth-order valence-electron chi connectivity index (χ4n) is 6.53. The maximum absolute atomic E-state index is 13.3. The minimum absolute atomic E-state index is 0.0802. The Bertz CT molecular complexity index is 2380. The Hall–Kier alpha value is -4.62. The quantitative estimate of drug-likeness (QED) is 0.100. The van der Waals surface area contributed by atoms with Crippen LogP contribution in [-0.4, -0.2) is 106 Å². The highest BCUT2D eigenvalue weighted by Crippen LogP contribution is 2.26. The molecule has 18 nitrogen and oxygen atoms in total. The molecule has 2 atom stereocenters. The molecular formula is C42H55BI2N6O12. The predicted octanol–water partition coefficient (Wildman–Crippen LogP) is 5.02. The first-order chi connectivity index (χ1) is 29.4. The van der Waals surface area contributed by atoms with E-state index in [0.29, 0.717) is 29.1 Å². The van der Waals surface area contributed by atoms with Crippen LogP contribution in [0.15, 0.2) is 58.1 Å². The van der Waals surface area contributed by atoms with Crippen molar-refractivity contribution in [1.29, 1.82) is 0 Å². The molecule has 2 aromatic carbocycles. The first kappa shape index (κ1) is 51.0. The zero-order valence-corrected chi connectivity index (χ0v) is 41.4. The lowest BCUT2D eigenvalue weighted by atomic mass is 9.81. The highest BCUT2D eigenvalue weighted by Gasteiger charge is 2.38. The van der Waals surface area contributed by atoms with E-state index < -0.39 is 42.4 Å². The van der Waals surface area contributed by atoms with Crippen molar-refractivity contribution in [1.82, 2.24) is 28.5 Å². The van der Waals surface area contributed by atoms with E-state index in [2.05, 4.69) is 50.2 Å². The number of carbonyl (C=O) groups is 4. The van der Waals surface area contributed by atoms with E-state index in [0.717, 1.165) is 7.14 Å². The molecule has 0 saturated carbocycles. The number of rotatable bonds is 6. The highest BCUT2D eigenvalue weighted by atomic mass is 127. The lowest BCUT2D eigenvalue weighted by Gasteiger charge is -2.35. The molecule has 2 aromatic heterocycles. The van der Waals surface area contributed by atoms with E-state index in [9.17, 15) is 28.8 Å². The molecule has 0 fully saturated rings. The van der Waals surface area contributed by atoms with Gasteiger partial charge >= 0.3 is 42.6 Å². The molecule has 0 radical (unpaired) electrons. The topological polar surface area (TPSA) is 217 Å². The number of carbonyl (C=O) groups excluding carboxylic acids is 4.